The minimum Gasteiger partial charge on any atom is -1.00 e. The molecule has 110 valence electrons. The zero-order valence-corrected chi connectivity index (χ0v) is 14.6. The average molecular weight is 388 g/mol. The van der Waals surface area contributed by atoms with Crippen LogP contribution in [0.25, 0.3) is 0 Å². The molecular formula is C16H24Cl2Ru. The van der Waals surface area contributed by atoms with Crippen LogP contribution >= 0.6 is 0 Å². The third kappa shape index (κ3) is 18.2. The quantitative estimate of drug-likeness (QED) is 0.382. The van der Waals surface area contributed by atoms with Gasteiger partial charge in [0.1, 0.15) is 0 Å². The summed E-state index contributed by atoms with van der Waals surface area (Å²) in [6.07, 6.45) is 28.0. The molecule has 2 rings (SSSR count). The zero-order valence-electron chi connectivity index (χ0n) is 11.4. The molecule has 0 radical (unpaired) electrons. The van der Waals surface area contributed by atoms with Crippen molar-refractivity contribution in [1.82, 2.24) is 0 Å². The van der Waals surface area contributed by atoms with E-state index in [0.29, 0.717) is 0 Å². The van der Waals surface area contributed by atoms with Gasteiger partial charge in [0, 0.05) is 0 Å². The van der Waals surface area contributed by atoms with E-state index in [-0.39, 0.29) is 44.3 Å². The maximum absolute atomic E-state index is 2.27. The van der Waals surface area contributed by atoms with Crippen LogP contribution < -0.4 is 24.8 Å². The first-order valence-corrected chi connectivity index (χ1v) is 6.60. The molecule has 0 N–H and O–H groups in total. The van der Waals surface area contributed by atoms with Crippen molar-refractivity contribution in [3.05, 3.63) is 48.6 Å². The van der Waals surface area contributed by atoms with Crippen LogP contribution in [-0.4, -0.2) is 0 Å². The number of hydrogen-bond donors (Lipinski definition) is 0. The summed E-state index contributed by atoms with van der Waals surface area (Å²) in [4.78, 5) is 0. The van der Waals surface area contributed by atoms with Gasteiger partial charge in [0.2, 0.25) is 0 Å². The largest absolute Gasteiger partial charge is 2.00 e. The molecular weight excluding hydrogens is 364 g/mol. The van der Waals surface area contributed by atoms with Crippen molar-refractivity contribution in [2.75, 3.05) is 0 Å². The first-order valence-electron chi connectivity index (χ1n) is 6.60. The average Bonchev–Trinajstić information content (AvgIpc) is 2.15. The predicted molar refractivity (Wildman–Crippen MR) is 73.5 cm³/mol. The second-order valence-electron chi connectivity index (χ2n) is 4.20. The van der Waals surface area contributed by atoms with E-state index in [9.17, 15) is 0 Å². The molecule has 2 aliphatic rings. The Balaban J connectivity index is -0.000000233. The van der Waals surface area contributed by atoms with Gasteiger partial charge in [0.05, 0.1) is 0 Å². The second kappa shape index (κ2) is 20.5. The minimum atomic E-state index is 0. The van der Waals surface area contributed by atoms with Crippen LogP contribution in [0.3, 0.4) is 0 Å². The van der Waals surface area contributed by atoms with Gasteiger partial charge >= 0.3 is 19.5 Å². The summed E-state index contributed by atoms with van der Waals surface area (Å²) in [7, 11) is 0. The molecule has 0 aromatic heterocycles. The molecule has 0 amide bonds. The fraction of sp³-hybridized carbons (Fsp3) is 0.500. The van der Waals surface area contributed by atoms with Gasteiger partial charge in [-0.25, -0.2) is 0 Å². The van der Waals surface area contributed by atoms with Gasteiger partial charge in [-0.2, -0.15) is 0 Å². The molecule has 2 aliphatic carbocycles. The van der Waals surface area contributed by atoms with E-state index in [1.54, 1.807) is 0 Å². The van der Waals surface area contributed by atoms with Crippen LogP contribution in [-0.2, 0) is 19.5 Å². The van der Waals surface area contributed by atoms with Crippen molar-refractivity contribution in [2.24, 2.45) is 0 Å². The SMILES string of the molecule is C1=C\CC/C=C\CC/1.C1=C\CC/C=C\CC/1.[Cl-].[Cl-].[Ru+2]. The molecule has 0 aromatic rings. The number of rotatable bonds is 0. The number of hydrogen-bond acceptors (Lipinski definition) is 0. The monoisotopic (exact) mass is 388 g/mol. The Morgan fingerprint density at radius 2 is 0.421 bits per heavy atom. The van der Waals surface area contributed by atoms with Gasteiger partial charge in [-0.3, -0.25) is 0 Å². The first-order chi connectivity index (χ1) is 8.00. The van der Waals surface area contributed by atoms with Crippen LogP contribution in [0.1, 0.15) is 51.4 Å². The molecule has 0 saturated carbocycles. The van der Waals surface area contributed by atoms with Gasteiger partial charge < -0.3 is 24.8 Å². The van der Waals surface area contributed by atoms with E-state index in [2.05, 4.69) is 48.6 Å². The van der Waals surface area contributed by atoms with Crippen LogP contribution in [0.4, 0.5) is 0 Å². The van der Waals surface area contributed by atoms with Gasteiger partial charge in [0.15, 0.2) is 0 Å². The molecule has 0 fully saturated rings. The van der Waals surface area contributed by atoms with E-state index in [0.717, 1.165) is 0 Å². The van der Waals surface area contributed by atoms with Gasteiger partial charge in [0.25, 0.3) is 0 Å². The summed E-state index contributed by atoms with van der Waals surface area (Å²) in [5.41, 5.74) is 0. The van der Waals surface area contributed by atoms with Crippen LogP contribution in [0.15, 0.2) is 48.6 Å². The summed E-state index contributed by atoms with van der Waals surface area (Å²) >= 11 is 0. The molecule has 0 unspecified atom stereocenters. The van der Waals surface area contributed by atoms with Crippen molar-refractivity contribution in [2.45, 2.75) is 51.4 Å². The third-order valence-corrected chi connectivity index (χ3v) is 2.67. The van der Waals surface area contributed by atoms with Crippen LogP contribution in [0, 0.1) is 0 Å². The van der Waals surface area contributed by atoms with Crippen molar-refractivity contribution in [3.63, 3.8) is 0 Å². The van der Waals surface area contributed by atoms with Crippen molar-refractivity contribution < 1.29 is 44.3 Å². The maximum atomic E-state index is 2.27. The molecule has 0 nitrogen and oxygen atoms in total. The summed E-state index contributed by atoms with van der Waals surface area (Å²) < 4.78 is 0. The summed E-state index contributed by atoms with van der Waals surface area (Å²) in [6.45, 7) is 0. The van der Waals surface area contributed by atoms with Crippen molar-refractivity contribution in [1.29, 1.82) is 0 Å². The normalized spacial score (nSPS) is 23.6. The second-order valence-corrected chi connectivity index (χ2v) is 4.20. The van der Waals surface area contributed by atoms with E-state index >= 15 is 0 Å². The van der Waals surface area contributed by atoms with E-state index < -0.39 is 0 Å². The Morgan fingerprint density at radius 1 is 0.316 bits per heavy atom. The molecule has 0 bridgehead atoms. The molecule has 3 heteroatoms. The Bertz CT molecular complexity index is 188. The summed E-state index contributed by atoms with van der Waals surface area (Å²) in [5, 5.41) is 0. The Morgan fingerprint density at radius 3 is 0.526 bits per heavy atom. The molecule has 0 saturated heterocycles. The van der Waals surface area contributed by atoms with E-state index in [4.69, 9.17) is 0 Å². The van der Waals surface area contributed by atoms with E-state index in [1.807, 2.05) is 0 Å². The van der Waals surface area contributed by atoms with Crippen molar-refractivity contribution in [3.8, 4) is 0 Å². The van der Waals surface area contributed by atoms with Crippen molar-refractivity contribution >= 4 is 0 Å². The fourth-order valence-electron chi connectivity index (χ4n) is 1.71. The summed E-state index contributed by atoms with van der Waals surface area (Å²) in [6, 6.07) is 0. The smallest absolute Gasteiger partial charge is 1.00 e. The Hall–Kier alpha value is 0.163. The Kier molecular flexibility index (Phi) is 26.1. The summed E-state index contributed by atoms with van der Waals surface area (Å²) in [5.74, 6) is 0. The topological polar surface area (TPSA) is 0 Å². The maximum Gasteiger partial charge on any atom is 2.00 e. The first kappa shape index (κ1) is 24.2. The Labute approximate surface area is 144 Å². The minimum absolute atomic E-state index is 0. The molecule has 19 heavy (non-hydrogen) atoms. The molecule has 0 heterocycles. The molecule has 0 aromatic carbocycles. The van der Waals surface area contributed by atoms with Gasteiger partial charge in [-0.1, -0.05) is 48.6 Å². The molecule has 0 spiro atoms. The third-order valence-electron chi connectivity index (χ3n) is 2.67. The van der Waals surface area contributed by atoms with Crippen LogP contribution in [0.5, 0.6) is 0 Å². The predicted octanol–water partition coefficient (Wildman–Crippen LogP) is -0.649. The van der Waals surface area contributed by atoms with Gasteiger partial charge in [-0.15, -0.1) is 0 Å². The van der Waals surface area contributed by atoms with Crippen LogP contribution in [0.2, 0.25) is 0 Å². The number of allylic oxidation sites excluding steroid dienone is 8. The van der Waals surface area contributed by atoms with Gasteiger partial charge in [-0.05, 0) is 51.4 Å². The molecule has 0 aliphatic heterocycles. The standard InChI is InChI=1S/2C8H12.2ClH.Ru/c2*1-2-4-6-8-7-5-3-1;;;/h2*1-2,7-8H,3-6H2;2*1H;/q;;;;+2/p-2/b2*2-1-,8-7-;;;. The number of halogens is 2. The van der Waals surface area contributed by atoms with E-state index in [1.165, 1.54) is 51.4 Å². The fourth-order valence-corrected chi connectivity index (χ4v) is 1.71. The zero-order chi connectivity index (χ0) is 11.3. The molecule has 0 atom stereocenters.